The summed E-state index contributed by atoms with van der Waals surface area (Å²) in [5, 5.41) is 6.05. The van der Waals surface area contributed by atoms with Gasteiger partial charge in [0.2, 0.25) is 0 Å². The van der Waals surface area contributed by atoms with Gasteiger partial charge in [-0.25, -0.2) is 4.39 Å². The molecule has 1 aromatic heterocycles. The summed E-state index contributed by atoms with van der Waals surface area (Å²) in [5.41, 5.74) is 0.269. The van der Waals surface area contributed by atoms with Crippen LogP contribution >= 0.6 is 0 Å². The van der Waals surface area contributed by atoms with E-state index in [2.05, 4.69) is 15.6 Å². The molecule has 16 heavy (non-hydrogen) atoms. The Kier molecular flexibility index (Phi) is 3.46. The van der Waals surface area contributed by atoms with Gasteiger partial charge in [-0.05, 0) is 25.5 Å². The highest BCUT2D eigenvalue weighted by atomic mass is 19.1. The molecule has 2 heterocycles. The molecule has 1 aliphatic rings. The average Bonchev–Trinajstić information content (AvgIpc) is 2.30. The van der Waals surface area contributed by atoms with Gasteiger partial charge in [0.25, 0.3) is 5.91 Å². The van der Waals surface area contributed by atoms with Gasteiger partial charge in [-0.3, -0.25) is 9.78 Å². The van der Waals surface area contributed by atoms with Crippen molar-refractivity contribution >= 4 is 5.91 Å². The summed E-state index contributed by atoms with van der Waals surface area (Å²) < 4.78 is 12.9. The number of carbonyl (C=O) groups excluding carboxylic acids is 1. The first-order valence-corrected chi connectivity index (χ1v) is 5.38. The van der Waals surface area contributed by atoms with Crippen LogP contribution in [-0.4, -0.2) is 30.0 Å². The average molecular weight is 223 g/mol. The number of nitrogens with zero attached hydrogens (tertiary/aromatic N) is 1. The second-order valence-electron chi connectivity index (χ2n) is 3.91. The molecule has 0 aromatic carbocycles. The molecule has 0 unspecified atom stereocenters. The van der Waals surface area contributed by atoms with E-state index in [0.717, 1.165) is 32.1 Å². The molecule has 2 N–H and O–H groups in total. The number of hydrogen-bond acceptors (Lipinski definition) is 3. The summed E-state index contributed by atoms with van der Waals surface area (Å²) in [7, 11) is 0. The lowest BCUT2D eigenvalue weighted by Gasteiger charge is -2.23. The number of piperidine rings is 1. The fourth-order valence-corrected chi connectivity index (χ4v) is 1.78. The van der Waals surface area contributed by atoms with Gasteiger partial charge in [-0.15, -0.1) is 0 Å². The fraction of sp³-hybridized carbons (Fsp3) is 0.455. The van der Waals surface area contributed by atoms with Gasteiger partial charge in [0.05, 0.1) is 11.8 Å². The van der Waals surface area contributed by atoms with E-state index >= 15 is 0 Å². The Balaban J connectivity index is 1.97. The van der Waals surface area contributed by atoms with E-state index in [1.807, 2.05) is 0 Å². The Bertz CT molecular complexity index is 377. The summed E-state index contributed by atoms with van der Waals surface area (Å²) in [4.78, 5) is 15.4. The molecule has 1 aromatic rings. The van der Waals surface area contributed by atoms with Crippen LogP contribution in [0.3, 0.4) is 0 Å². The Morgan fingerprint density at radius 2 is 2.44 bits per heavy atom. The summed E-state index contributed by atoms with van der Waals surface area (Å²) in [6, 6.07) is 1.32. The molecule has 1 amide bonds. The number of rotatable bonds is 2. The van der Waals surface area contributed by atoms with Gasteiger partial charge in [-0.1, -0.05) is 0 Å². The van der Waals surface area contributed by atoms with Gasteiger partial charge in [0.15, 0.2) is 0 Å². The molecule has 0 saturated carbocycles. The third kappa shape index (κ3) is 2.76. The van der Waals surface area contributed by atoms with Crippen LogP contribution in [0.1, 0.15) is 23.2 Å². The zero-order chi connectivity index (χ0) is 11.4. The molecule has 1 saturated heterocycles. The molecule has 1 fully saturated rings. The van der Waals surface area contributed by atoms with Crippen molar-refractivity contribution in [3.05, 3.63) is 29.8 Å². The molecule has 0 radical (unpaired) electrons. The number of hydrogen-bond donors (Lipinski definition) is 2. The van der Waals surface area contributed by atoms with Crippen molar-refractivity contribution in [1.82, 2.24) is 15.6 Å². The second kappa shape index (κ2) is 5.03. The summed E-state index contributed by atoms with van der Waals surface area (Å²) in [6.45, 7) is 1.77. The van der Waals surface area contributed by atoms with Gasteiger partial charge in [-0.2, -0.15) is 0 Å². The minimum absolute atomic E-state index is 0.129. The van der Waals surface area contributed by atoms with Gasteiger partial charge in [0, 0.05) is 18.8 Å². The third-order valence-corrected chi connectivity index (χ3v) is 2.60. The molecule has 0 spiro atoms. The summed E-state index contributed by atoms with van der Waals surface area (Å²) in [5.74, 6) is -0.755. The largest absolute Gasteiger partial charge is 0.348 e. The van der Waals surface area contributed by atoms with Gasteiger partial charge < -0.3 is 10.6 Å². The highest BCUT2D eigenvalue weighted by molar-refractivity contribution is 5.94. The Morgan fingerprint density at radius 3 is 3.12 bits per heavy atom. The molecule has 0 aliphatic carbocycles. The highest BCUT2D eigenvalue weighted by Gasteiger charge is 2.16. The zero-order valence-corrected chi connectivity index (χ0v) is 8.87. The molecular weight excluding hydrogens is 209 g/mol. The monoisotopic (exact) mass is 223 g/mol. The summed E-state index contributed by atoms with van der Waals surface area (Å²) >= 11 is 0. The highest BCUT2D eigenvalue weighted by Crippen LogP contribution is 2.05. The van der Waals surface area contributed by atoms with Crippen LogP contribution in [0.25, 0.3) is 0 Å². The minimum atomic E-state index is -0.491. The molecular formula is C11H14FN3O. The van der Waals surface area contributed by atoms with E-state index in [0.29, 0.717) is 0 Å². The maximum atomic E-state index is 12.9. The summed E-state index contributed by atoms with van der Waals surface area (Å²) in [6.07, 6.45) is 4.46. The van der Waals surface area contributed by atoms with Crippen LogP contribution in [0.15, 0.2) is 18.5 Å². The van der Waals surface area contributed by atoms with E-state index in [1.54, 1.807) is 0 Å². The van der Waals surface area contributed by atoms with Crippen molar-refractivity contribution in [2.75, 3.05) is 13.1 Å². The molecule has 2 rings (SSSR count). The topological polar surface area (TPSA) is 54.0 Å². The minimum Gasteiger partial charge on any atom is -0.348 e. The lowest BCUT2D eigenvalue weighted by atomic mass is 10.1. The first-order chi connectivity index (χ1) is 7.75. The smallest absolute Gasteiger partial charge is 0.253 e. The second-order valence-corrected chi connectivity index (χ2v) is 3.91. The Hall–Kier alpha value is -1.49. The molecule has 0 bridgehead atoms. The normalized spacial score (nSPS) is 20.4. The van der Waals surface area contributed by atoms with E-state index in [4.69, 9.17) is 0 Å². The van der Waals surface area contributed by atoms with Crippen LogP contribution in [0.5, 0.6) is 0 Å². The lowest BCUT2D eigenvalue weighted by molar-refractivity contribution is 0.0930. The number of carbonyl (C=O) groups is 1. The van der Waals surface area contributed by atoms with Crippen LogP contribution in [-0.2, 0) is 0 Å². The van der Waals surface area contributed by atoms with Crippen molar-refractivity contribution in [3.63, 3.8) is 0 Å². The first-order valence-electron chi connectivity index (χ1n) is 5.38. The van der Waals surface area contributed by atoms with E-state index < -0.39 is 5.82 Å². The number of nitrogens with one attached hydrogen (secondary N) is 2. The van der Waals surface area contributed by atoms with Crippen molar-refractivity contribution in [2.24, 2.45) is 0 Å². The fourth-order valence-electron chi connectivity index (χ4n) is 1.78. The molecule has 5 heteroatoms. The Labute approximate surface area is 93.3 Å². The van der Waals surface area contributed by atoms with Gasteiger partial charge in [0.1, 0.15) is 5.82 Å². The number of halogens is 1. The SMILES string of the molecule is O=C(N[C@H]1CCCNC1)c1cncc(F)c1. The first kappa shape index (κ1) is 11.0. The molecule has 1 atom stereocenters. The zero-order valence-electron chi connectivity index (χ0n) is 8.87. The van der Waals surface area contributed by atoms with Crippen molar-refractivity contribution < 1.29 is 9.18 Å². The number of pyridine rings is 1. The predicted molar refractivity (Wildman–Crippen MR) is 57.6 cm³/mol. The Morgan fingerprint density at radius 1 is 1.56 bits per heavy atom. The van der Waals surface area contributed by atoms with Crippen LogP contribution in [0, 0.1) is 5.82 Å². The molecule has 4 nitrogen and oxygen atoms in total. The van der Waals surface area contributed by atoms with E-state index in [-0.39, 0.29) is 17.5 Å². The van der Waals surface area contributed by atoms with Gasteiger partial charge >= 0.3 is 0 Å². The van der Waals surface area contributed by atoms with Crippen LogP contribution < -0.4 is 10.6 Å². The van der Waals surface area contributed by atoms with E-state index in [1.165, 1.54) is 12.3 Å². The maximum absolute atomic E-state index is 12.9. The van der Waals surface area contributed by atoms with Crippen molar-refractivity contribution in [1.29, 1.82) is 0 Å². The number of aromatic nitrogens is 1. The predicted octanol–water partition coefficient (Wildman–Crippen LogP) is 0.702. The lowest BCUT2D eigenvalue weighted by Crippen LogP contribution is -2.45. The number of amides is 1. The van der Waals surface area contributed by atoms with Crippen LogP contribution in [0.4, 0.5) is 4.39 Å². The van der Waals surface area contributed by atoms with Crippen molar-refractivity contribution in [2.45, 2.75) is 18.9 Å². The van der Waals surface area contributed by atoms with Crippen molar-refractivity contribution in [3.8, 4) is 0 Å². The van der Waals surface area contributed by atoms with E-state index in [9.17, 15) is 9.18 Å². The van der Waals surface area contributed by atoms with Crippen LogP contribution in [0.2, 0.25) is 0 Å². The molecule has 1 aliphatic heterocycles. The quantitative estimate of drug-likeness (QED) is 0.776. The third-order valence-electron chi connectivity index (χ3n) is 2.60. The maximum Gasteiger partial charge on any atom is 0.253 e. The standard InChI is InChI=1S/C11H14FN3O/c12-9-4-8(5-14-6-9)11(16)15-10-2-1-3-13-7-10/h4-6,10,13H,1-3,7H2,(H,15,16)/t10-/m0/s1. The molecule has 86 valence electrons.